The average molecular weight is 270 g/mol. The third-order valence-electron chi connectivity index (χ3n) is 4.10. The summed E-state index contributed by atoms with van der Waals surface area (Å²) in [6.45, 7) is 11.4. The van der Waals surface area contributed by atoms with E-state index in [1.54, 1.807) is 0 Å². The zero-order chi connectivity index (χ0) is 13.5. The van der Waals surface area contributed by atoms with Gasteiger partial charge >= 0.3 is 0 Å². The van der Waals surface area contributed by atoms with E-state index >= 15 is 0 Å². The molecule has 2 aliphatic rings. The molecule has 0 aromatic heterocycles. The third kappa shape index (κ3) is 5.75. The third-order valence-corrected chi connectivity index (χ3v) is 4.10. The van der Waals surface area contributed by atoms with E-state index in [9.17, 15) is 0 Å². The Labute approximate surface area is 117 Å². The molecule has 1 unspecified atom stereocenters. The Hall–Kier alpha value is -0.200. The van der Waals surface area contributed by atoms with Gasteiger partial charge in [-0.3, -0.25) is 4.90 Å². The van der Waals surface area contributed by atoms with Crippen molar-refractivity contribution in [2.24, 2.45) is 0 Å². The number of rotatable bonds is 6. The predicted molar refractivity (Wildman–Crippen MR) is 78.7 cm³/mol. The summed E-state index contributed by atoms with van der Waals surface area (Å²) in [5.74, 6) is 0. The van der Waals surface area contributed by atoms with E-state index in [1.807, 2.05) is 0 Å². The topological polar surface area (TPSA) is 31.0 Å². The van der Waals surface area contributed by atoms with Crippen molar-refractivity contribution < 1.29 is 4.74 Å². The lowest BCUT2D eigenvalue weighted by atomic mass is 10.2. The summed E-state index contributed by atoms with van der Waals surface area (Å²) in [4.78, 5) is 7.43. The molecule has 2 rings (SSSR count). The van der Waals surface area contributed by atoms with Crippen LogP contribution in [0.5, 0.6) is 0 Å². The van der Waals surface area contributed by atoms with Gasteiger partial charge < -0.3 is 19.9 Å². The molecule has 5 nitrogen and oxygen atoms in total. The molecule has 0 spiro atoms. The van der Waals surface area contributed by atoms with Crippen LogP contribution in [0.25, 0.3) is 0 Å². The zero-order valence-electron chi connectivity index (χ0n) is 12.6. The quantitative estimate of drug-likeness (QED) is 0.706. The van der Waals surface area contributed by atoms with E-state index in [0.717, 1.165) is 19.7 Å². The Kier molecular flexibility index (Phi) is 6.53. The molecule has 0 bridgehead atoms. The fraction of sp³-hybridized carbons (Fsp3) is 1.00. The van der Waals surface area contributed by atoms with Crippen molar-refractivity contribution >= 4 is 0 Å². The molecule has 2 fully saturated rings. The molecule has 0 saturated carbocycles. The molecule has 112 valence electrons. The maximum Gasteiger partial charge on any atom is 0.0712 e. The summed E-state index contributed by atoms with van der Waals surface area (Å²) in [7, 11) is 4.29. The standard InChI is InChI=1S/C14H30N4O/c1-16(2)6-7-18-10-8-17(9-11-18)5-3-14-13-15-4-12-19-14/h14-15H,3-13H2,1-2H3. The zero-order valence-corrected chi connectivity index (χ0v) is 12.6. The lowest BCUT2D eigenvalue weighted by Crippen LogP contribution is -2.49. The highest BCUT2D eigenvalue weighted by molar-refractivity contribution is 4.75. The number of hydrogen-bond donors (Lipinski definition) is 1. The van der Waals surface area contributed by atoms with Crippen molar-refractivity contribution in [3.8, 4) is 0 Å². The summed E-state index contributed by atoms with van der Waals surface area (Å²) in [6.07, 6.45) is 1.60. The first-order valence-corrected chi connectivity index (χ1v) is 7.66. The van der Waals surface area contributed by atoms with Crippen LogP contribution in [0.2, 0.25) is 0 Å². The molecule has 0 amide bonds. The first-order valence-electron chi connectivity index (χ1n) is 7.66. The monoisotopic (exact) mass is 270 g/mol. The van der Waals surface area contributed by atoms with Gasteiger partial charge in [0.2, 0.25) is 0 Å². The number of nitrogens with zero attached hydrogens (tertiary/aromatic N) is 3. The van der Waals surface area contributed by atoms with Gasteiger partial charge in [-0.05, 0) is 20.5 Å². The Morgan fingerprint density at radius 2 is 1.79 bits per heavy atom. The van der Waals surface area contributed by atoms with Gasteiger partial charge in [0.05, 0.1) is 12.7 Å². The van der Waals surface area contributed by atoms with Crippen LogP contribution in [0.4, 0.5) is 0 Å². The fourth-order valence-electron chi connectivity index (χ4n) is 2.71. The molecule has 5 heteroatoms. The second-order valence-corrected chi connectivity index (χ2v) is 5.97. The highest BCUT2D eigenvalue weighted by Crippen LogP contribution is 2.06. The number of hydrogen-bond acceptors (Lipinski definition) is 5. The highest BCUT2D eigenvalue weighted by Gasteiger charge is 2.19. The number of nitrogens with one attached hydrogen (secondary N) is 1. The van der Waals surface area contributed by atoms with Crippen molar-refractivity contribution in [1.82, 2.24) is 20.0 Å². The van der Waals surface area contributed by atoms with E-state index in [-0.39, 0.29) is 0 Å². The number of ether oxygens (including phenoxy) is 1. The van der Waals surface area contributed by atoms with Crippen molar-refractivity contribution in [3.63, 3.8) is 0 Å². The lowest BCUT2D eigenvalue weighted by Gasteiger charge is -2.36. The summed E-state index contributed by atoms with van der Waals surface area (Å²) in [5, 5.41) is 3.40. The molecule has 1 N–H and O–H groups in total. The van der Waals surface area contributed by atoms with Gasteiger partial charge in [0, 0.05) is 58.9 Å². The van der Waals surface area contributed by atoms with Crippen molar-refractivity contribution in [3.05, 3.63) is 0 Å². The van der Waals surface area contributed by atoms with Crippen molar-refractivity contribution in [2.75, 3.05) is 79.6 Å². The van der Waals surface area contributed by atoms with Crippen LogP contribution in [0.1, 0.15) is 6.42 Å². The minimum absolute atomic E-state index is 0.431. The van der Waals surface area contributed by atoms with Crippen LogP contribution in [-0.4, -0.2) is 100 Å². The molecule has 2 saturated heterocycles. The summed E-state index contributed by atoms with van der Waals surface area (Å²) in [5.41, 5.74) is 0. The van der Waals surface area contributed by atoms with Gasteiger partial charge in [-0.15, -0.1) is 0 Å². The number of morpholine rings is 1. The summed E-state index contributed by atoms with van der Waals surface area (Å²) in [6, 6.07) is 0. The van der Waals surface area contributed by atoms with Crippen LogP contribution >= 0.6 is 0 Å². The first-order chi connectivity index (χ1) is 9.24. The smallest absolute Gasteiger partial charge is 0.0712 e. The minimum atomic E-state index is 0.431. The summed E-state index contributed by atoms with van der Waals surface area (Å²) >= 11 is 0. The maximum atomic E-state index is 5.75. The van der Waals surface area contributed by atoms with Gasteiger partial charge in [0.25, 0.3) is 0 Å². The van der Waals surface area contributed by atoms with Crippen LogP contribution in [-0.2, 0) is 4.74 Å². The van der Waals surface area contributed by atoms with E-state index in [2.05, 4.69) is 34.1 Å². The van der Waals surface area contributed by atoms with Crippen LogP contribution in [0, 0.1) is 0 Å². The van der Waals surface area contributed by atoms with Crippen LogP contribution in [0.15, 0.2) is 0 Å². The number of likely N-dealkylation sites (N-methyl/N-ethyl adjacent to an activating group) is 1. The molecule has 19 heavy (non-hydrogen) atoms. The lowest BCUT2D eigenvalue weighted by molar-refractivity contribution is 0.0137. The molecule has 0 aromatic carbocycles. The molecular formula is C14H30N4O. The molecule has 1 atom stereocenters. The average Bonchev–Trinajstić information content (AvgIpc) is 2.45. The van der Waals surface area contributed by atoms with E-state index in [0.29, 0.717) is 6.10 Å². The minimum Gasteiger partial charge on any atom is -0.376 e. The van der Waals surface area contributed by atoms with Gasteiger partial charge in [-0.1, -0.05) is 0 Å². The second kappa shape index (κ2) is 8.17. The number of piperazine rings is 1. The molecular weight excluding hydrogens is 240 g/mol. The second-order valence-electron chi connectivity index (χ2n) is 5.97. The van der Waals surface area contributed by atoms with Crippen molar-refractivity contribution in [2.45, 2.75) is 12.5 Å². The van der Waals surface area contributed by atoms with Crippen molar-refractivity contribution in [1.29, 1.82) is 0 Å². The van der Waals surface area contributed by atoms with E-state index in [1.165, 1.54) is 52.2 Å². The van der Waals surface area contributed by atoms with Gasteiger partial charge in [0.1, 0.15) is 0 Å². The Morgan fingerprint density at radius 1 is 1.11 bits per heavy atom. The SMILES string of the molecule is CN(C)CCN1CCN(CCC2CNCCO2)CC1. The van der Waals surface area contributed by atoms with E-state index < -0.39 is 0 Å². The van der Waals surface area contributed by atoms with Gasteiger partial charge in [-0.25, -0.2) is 0 Å². The van der Waals surface area contributed by atoms with E-state index in [4.69, 9.17) is 4.74 Å². The van der Waals surface area contributed by atoms with Gasteiger partial charge in [0.15, 0.2) is 0 Å². The molecule has 2 heterocycles. The summed E-state index contributed by atoms with van der Waals surface area (Å²) < 4.78 is 5.75. The maximum absolute atomic E-state index is 5.75. The van der Waals surface area contributed by atoms with Gasteiger partial charge in [-0.2, -0.15) is 0 Å². The molecule has 0 aliphatic carbocycles. The fourth-order valence-corrected chi connectivity index (χ4v) is 2.71. The predicted octanol–water partition coefficient (Wildman–Crippen LogP) is -0.456. The Balaban J connectivity index is 1.55. The molecule has 0 aromatic rings. The Morgan fingerprint density at radius 3 is 2.37 bits per heavy atom. The first kappa shape index (κ1) is 15.2. The van der Waals surface area contributed by atoms with Crippen LogP contribution in [0.3, 0.4) is 0 Å². The largest absolute Gasteiger partial charge is 0.376 e. The normalized spacial score (nSPS) is 27.0. The van der Waals surface area contributed by atoms with Crippen LogP contribution < -0.4 is 5.32 Å². The molecule has 0 radical (unpaired) electrons. The Bertz CT molecular complexity index is 236. The molecule has 2 aliphatic heterocycles. The highest BCUT2D eigenvalue weighted by atomic mass is 16.5.